The van der Waals surface area contributed by atoms with Gasteiger partial charge < -0.3 is 24.5 Å². The second-order valence-corrected chi connectivity index (χ2v) is 10.3. The molecule has 10 heteroatoms. The lowest BCUT2D eigenvalue weighted by Crippen LogP contribution is -2.52. The van der Waals surface area contributed by atoms with E-state index in [1.54, 1.807) is 33.9 Å². The number of rotatable bonds is 5. The fourth-order valence-electron chi connectivity index (χ4n) is 4.26. The van der Waals surface area contributed by atoms with Gasteiger partial charge in [0.25, 0.3) is 5.91 Å². The topological polar surface area (TPSA) is 138 Å². The van der Waals surface area contributed by atoms with Gasteiger partial charge in [-0.25, -0.2) is 9.59 Å². The third-order valence-corrected chi connectivity index (χ3v) is 6.30. The highest BCUT2D eigenvalue weighted by atomic mass is 16.6. The molecule has 1 aliphatic heterocycles. The Balaban J connectivity index is 1.39. The van der Waals surface area contributed by atoms with Gasteiger partial charge in [-0.1, -0.05) is 30.3 Å². The van der Waals surface area contributed by atoms with Gasteiger partial charge in [0.1, 0.15) is 11.6 Å². The number of ether oxygens (including phenoxy) is 1. The van der Waals surface area contributed by atoms with Crippen LogP contribution in [0.25, 0.3) is 22.2 Å². The van der Waals surface area contributed by atoms with E-state index in [0.29, 0.717) is 11.1 Å². The summed E-state index contributed by atoms with van der Waals surface area (Å²) in [6.45, 7) is 5.20. The van der Waals surface area contributed by atoms with Crippen LogP contribution >= 0.6 is 0 Å². The number of nitrogens with one attached hydrogen (secondary N) is 1. The molecule has 2 amide bonds. The van der Waals surface area contributed by atoms with Crippen molar-refractivity contribution >= 4 is 23.1 Å². The van der Waals surface area contributed by atoms with Crippen LogP contribution in [0.1, 0.15) is 32.8 Å². The van der Waals surface area contributed by atoms with Gasteiger partial charge in [-0.2, -0.15) is 5.26 Å². The van der Waals surface area contributed by atoms with Gasteiger partial charge >= 0.3 is 11.8 Å². The first-order valence-corrected chi connectivity index (χ1v) is 12.0. The molecule has 0 aliphatic carbocycles. The van der Waals surface area contributed by atoms with Gasteiger partial charge in [0.05, 0.1) is 18.1 Å². The van der Waals surface area contributed by atoms with Crippen molar-refractivity contribution < 1.29 is 23.8 Å². The fraction of sp³-hybridized carbons (Fsp3) is 0.407. The van der Waals surface area contributed by atoms with Gasteiger partial charge in [0, 0.05) is 26.4 Å². The normalized spacial score (nSPS) is 18.4. The molecule has 1 aromatic heterocycles. The van der Waals surface area contributed by atoms with E-state index in [-0.39, 0.29) is 25.9 Å². The molecule has 1 aliphatic rings. The smallest absolute Gasteiger partial charge is 0.419 e. The first-order chi connectivity index (χ1) is 17.4. The predicted molar refractivity (Wildman–Crippen MR) is 136 cm³/mol. The number of oxazole rings is 1. The average Bonchev–Trinajstić information content (AvgIpc) is 3.38. The van der Waals surface area contributed by atoms with E-state index >= 15 is 0 Å². The monoisotopic (exact) mass is 506 g/mol. The summed E-state index contributed by atoms with van der Waals surface area (Å²) in [5.41, 5.74) is 1.36. The van der Waals surface area contributed by atoms with E-state index in [0.717, 1.165) is 16.7 Å². The molecule has 2 aromatic carbocycles. The first kappa shape index (κ1) is 26.0. The lowest BCUT2D eigenvalue weighted by molar-refractivity contribution is -0.138. The van der Waals surface area contributed by atoms with Crippen molar-refractivity contribution in [3.63, 3.8) is 0 Å². The molecule has 2 heterocycles. The summed E-state index contributed by atoms with van der Waals surface area (Å²) in [4.78, 5) is 38.2. The van der Waals surface area contributed by atoms with Crippen LogP contribution in [0.3, 0.4) is 0 Å². The molecule has 0 spiro atoms. The highest BCUT2D eigenvalue weighted by molar-refractivity contribution is 5.87. The van der Waals surface area contributed by atoms with E-state index < -0.39 is 35.0 Å². The second-order valence-electron chi connectivity index (χ2n) is 10.3. The number of aliphatic hydroxyl groups is 1. The van der Waals surface area contributed by atoms with Crippen molar-refractivity contribution in [3.8, 4) is 17.2 Å². The number of β-amino-alcohol motifs (C(OH)–C–C–N with tert-alkyl or cyclic N) is 1. The number of fused-ring (bicyclic) bond motifs is 1. The zero-order valence-electron chi connectivity index (χ0n) is 21.3. The Morgan fingerprint density at radius 3 is 2.54 bits per heavy atom. The molecule has 0 unspecified atom stereocenters. The van der Waals surface area contributed by atoms with Crippen LogP contribution in [-0.4, -0.2) is 56.9 Å². The van der Waals surface area contributed by atoms with Crippen LogP contribution < -0.4 is 11.1 Å². The Morgan fingerprint density at radius 1 is 1.22 bits per heavy atom. The lowest BCUT2D eigenvalue weighted by atomic mass is 9.99. The Kier molecular flexibility index (Phi) is 6.84. The van der Waals surface area contributed by atoms with Crippen LogP contribution in [-0.2, 0) is 23.0 Å². The van der Waals surface area contributed by atoms with Gasteiger partial charge in [-0.3, -0.25) is 9.36 Å². The molecule has 1 saturated heterocycles. The van der Waals surface area contributed by atoms with E-state index in [2.05, 4.69) is 11.4 Å². The van der Waals surface area contributed by atoms with Crippen molar-refractivity contribution in [3.05, 3.63) is 58.6 Å². The highest BCUT2D eigenvalue weighted by Crippen LogP contribution is 2.26. The number of nitriles is 1. The van der Waals surface area contributed by atoms with Crippen LogP contribution in [0.4, 0.5) is 4.79 Å². The van der Waals surface area contributed by atoms with Crippen molar-refractivity contribution in [2.45, 2.75) is 50.9 Å². The molecule has 3 aromatic rings. The molecule has 0 radical (unpaired) electrons. The third-order valence-electron chi connectivity index (χ3n) is 6.30. The number of aryl methyl sites for hydroxylation is 1. The highest BCUT2D eigenvalue weighted by Gasteiger charge is 2.46. The lowest BCUT2D eigenvalue weighted by Gasteiger charge is -2.26. The Labute approximate surface area is 214 Å². The summed E-state index contributed by atoms with van der Waals surface area (Å²) in [5, 5.41) is 23.1. The second kappa shape index (κ2) is 9.75. The zero-order valence-corrected chi connectivity index (χ0v) is 21.3. The maximum atomic E-state index is 12.8. The molecule has 4 rings (SSSR count). The molecule has 2 atom stereocenters. The molecule has 10 nitrogen and oxygen atoms in total. The maximum absolute atomic E-state index is 12.8. The number of carbonyl (C=O) groups is 2. The summed E-state index contributed by atoms with van der Waals surface area (Å²) in [5.74, 6) is -1.12. The summed E-state index contributed by atoms with van der Waals surface area (Å²) < 4.78 is 11.9. The quantitative estimate of drug-likeness (QED) is 0.543. The third kappa shape index (κ3) is 5.67. The number of nitrogens with zero attached hydrogens (tertiary/aromatic N) is 3. The van der Waals surface area contributed by atoms with Crippen LogP contribution in [0, 0.1) is 11.3 Å². The summed E-state index contributed by atoms with van der Waals surface area (Å²) in [6, 6.07) is 14.2. The minimum atomic E-state index is -1.79. The molecule has 194 valence electrons. The zero-order chi connectivity index (χ0) is 27.0. The summed E-state index contributed by atoms with van der Waals surface area (Å²) in [6.07, 6.45) is -0.302. The number of benzene rings is 2. The van der Waals surface area contributed by atoms with Crippen LogP contribution in [0.2, 0.25) is 0 Å². The van der Waals surface area contributed by atoms with E-state index in [9.17, 15) is 24.8 Å². The molecule has 0 bridgehead atoms. The molecule has 2 N–H and O–H groups in total. The first-order valence-electron chi connectivity index (χ1n) is 12.0. The predicted octanol–water partition coefficient (Wildman–Crippen LogP) is 2.72. The minimum Gasteiger partial charge on any atom is -0.444 e. The number of carbonyl (C=O) groups excluding carboxylic acids is 2. The van der Waals surface area contributed by atoms with Crippen molar-refractivity contribution in [2.75, 3.05) is 13.1 Å². The van der Waals surface area contributed by atoms with Gasteiger partial charge in [0.2, 0.25) is 0 Å². The number of amides is 2. The molecular weight excluding hydrogens is 476 g/mol. The summed E-state index contributed by atoms with van der Waals surface area (Å²) >= 11 is 0. The molecule has 1 fully saturated rings. The van der Waals surface area contributed by atoms with Crippen molar-refractivity contribution in [1.29, 1.82) is 5.26 Å². The van der Waals surface area contributed by atoms with Crippen LogP contribution in [0.5, 0.6) is 0 Å². The number of aromatic nitrogens is 1. The van der Waals surface area contributed by atoms with Gasteiger partial charge in [-0.05, 0) is 49.6 Å². The van der Waals surface area contributed by atoms with Crippen molar-refractivity contribution in [2.24, 2.45) is 7.05 Å². The number of likely N-dealkylation sites (tertiary alicyclic amines) is 1. The summed E-state index contributed by atoms with van der Waals surface area (Å²) in [7, 11) is 1.65. The maximum Gasteiger partial charge on any atom is 0.419 e. The average molecular weight is 507 g/mol. The molecular formula is C27H30N4O6. The Bertz CT molecular complexity index is 1430. The van der Waals surface area contributed by atoms with E-state index in [1.165, 1.54) is 9.47 Å². The van der Waals surface area contributed by atoms with Crippen LogP contribution in [0.15, 0.2) is 51.7 Å². The fourth-order valence-corrected chi connectivity index (χ4v) is 4.26. The van der Waals surface area contributed by atoms with E-state index in [4.69, 9.17) is 9.15 Å². The number of hydrogen-bond acceptors (Lipinski definition) is 7. The van der Waals surface area contributed by atoms with Gasteiger partial charge in [0.15, 0.2) is 11.2 Å². The largest absolute Gasteiger partial charge is 0.444 e. The van der Waals surface area contributed by atoms with Crippen molar-refractivity contribution in [1.82, 2.24) is 14.8 Å². The number of hydrogen-bond donors (Lipinski definition) is 2. The minimum absolute atomic E-state index is 0.0531. The standard InChI is InChI=1S/C27H30N4O6/c1-26(2,3)37-25(34)31-12-11-27(35,16-31)23(32)29-20(15-28)13-17-5-7-18(8-6-17)19-9-10-22-21(14-19)30(4)24(33)36-22/h5-10,14,20,35H,11-13,16H2,1-4H3,(H,29,32)/t20-,27+/m0/s1. The molecule has 37 heavy (non-hydrogen) atoms. The SMILES string of the molecule is Cn1c(=O)oc2ccc(-c3ccc(C[C@@H](C#N)NC(=O)[C@@]4(O)CCN(C(=O)OC(C)(C)C)C4)cc3)cc21. The van der Waals surface area contributed by atoms with Gasteiger partial charge in [-0.15, -0.1) is 0 Å². The molecule has 0 saturated carbocycles. The Morgan fingerprint density at radius 2 is 1.89 bits per heavy atom. The van der Waals surface area contributed by atoms with E-state index in [1.807, 2.05) is 36.4 Å². The Hall–Kier alpha value is -4.10.